The van der Waals surface area contributed by atoms with Crippen molar-refractivity contribution in [3.8, 4) is 11.5 Å². The summed E-state index contributed by atoms with van der Waals surface area (Å²) in [6.07, 6.45) is 0. The lowest BCUT2D eigenvalue weighted by atomic mass is 9.94. The summed E-state index contributed by atoms with van der Waals surface area (Å²) in [5.74, 6) is 2.02. The number of hydrogen-bond donors (Lipinski definition) is 0. The third-order valence-electron chi connectivity index (χ3n) is 6.25. The minimum Gasteiger partial charge on any atom is -0.468 e. The average Bonchev–Trinajstić information content (AvgIpc) is 3.36. The van der Waals surface area contributed by atoms with Crippen molar-refractivity contribution in [1.29, 1.82) is 0 Å². The molecule has 0 atom stereocenters. The van der Waals surface area contributed by atoms with E-state index in [2.05, 4.69) is 53.0 Å². The van der Waals surface area contributed by atoms with Gasteiger partial charge in [-0.05, 0) is 22.2 Å². The lowest BCUT2D eigenvalue weighted by Crippen LogP contribution is -2.43. The average molecular weight is 413 g/mol. The van der Waals surface area contributed by atoms with Gasteiger partial charge in [0.25, 0.3) is 0 Å². The van der Waals surface area contributed by atoms with E-state index in [0.29, 0.717) is 27.8 Å². The molecule has 2 rings (SSSR count). The van der Waals surface area contributed by atoms with Gasteiger partial charge in [0.1, 0.15) is 8.07 Å². The zero-order valence-electron chi connectivity index (χ0n) is 18.8. The summed E-state index contributed by atoms with van der Waals surface area (Å²) < 4.78 is 10.0. The number of benzene rings is 1. The molecule has 1 aromatic rings. The van der Waals surface area contributed by atoms with Crippen molar-refractivity contribution in [2.24, 2.45) is 5.41 Å². The minimum atomic E-state index is -2.03. The van der Waals surface area contributed by atoms with Crippen molar-refractivity contribution in [3.63, 3.8) is 0 Å². The third-order valence-corrected chi connectivity index (χ3v) is 12.5. The predicted octanol–water partition coefficient (Wildman–Crippen LogP) is 5.01. The second-order valence-electron chi connectivity index (χ2n) is 8.50. The Bertz CT molecular complexity index is 831. The van der Waals surface area contributed by atoms with Crippen LogP contribution < -0.4 is 0 Å². The summed E-state index contributed by atoms with van der Waals surface area (Å²) in [5.41, 5.74) is 5.31. The zero-order valence-corrected chi connectivity index (χ0v) is 19.8. The number of methoxy groups -OCH3 is 2. The summed E-state index contributed by atoms with van der Waals surface area (Å²) in [4.78, 5) is 25.6. The molecule has 1 aliphatic rings. The Morgan fingerprint density at radius 3 is 1.69 bits per heavy atom. The van der Waals surface area contributed by atoms with Crippen LogP contribution in [0.5, 0.6) is 0 Å². The molecule has 0 saturated heterocycles. The number of rotatable bonds is 6. The van der Waals surface area contributed by atoms with Gasteiger partial charge in [0.05, 0.1) is 14.2 Å². The van der Waals surface area contributed by atoms with Gasteiger partial charge in [-0.25, -0.2) is 0 Å². The molecule has 0 fully saturated rings. The van der Waals surface area contributed by atoms with E-state index in [1.165, 1.54) is 14.2 Å². The van der Waals surface area contributed by atoms with Crippen molar-refractivity contribution < 1.29 is 19.1 Å². The van der Waals surface area contributed by atoms with E-state index in [0.717, 1.165) is 5.56 Å². The van der Waals surface area contributed by atoms with Crippen LogP contribution in [-0.4, -0.2) is 34.2 Å². The maximum atomic E-state index is 12.8. The Kier molecular flexibility index (Phi) is 6.80. The molecule has 0 unspecified atom stereocenters. The van der Waals surface area contributed by atoms with Crippen LogP contribution >= 0.6 is 0 Å². The molecule has 29 heavy (non-hydrogen) atoms. The normalized spacial score (nSPS) is 15.3. The van der Waals surface area contributed by atoms with Crippen LogP contribution in [0.3, 0.4) is 0 Å². The summed E-state index contributed by atoms with van der Waals surface area (Å²) in [7, 11) is 0.539. The van der Waals surface area contributed by atoms with Crippen LogP contribution in [0.1, 0.15) is 47.1 Å². The lowest BCUT2D eigenvalue weighted by molar-refractivity contribution is -0.159. The molecule has 0 spiro atoms. The van der Waals surface area contributed by atoms with Gasteiger partial charge in [-0.3, -0.25) is 9.59 Å². The van der Waals surface area contributed by atoms with Crippen LogP contribution in [-0.2, 0) is 19.1 Å². The summed E-state index contributed by atoms with van der Waals surface area (Å²) in [5, 5.41) is 0. The molecule has 0 heterocycles. The highest BCUT2D eigenvalue weighted by Gasteiger charge is 2.67. The first-order chi connectivity index (χ1) is 13.6. The number of esters is 2. The molecular weight excluding hydrogens is 380 g/mol. The van der Waals surface area contributed by atoms with E-state index in [4.69, 9.17) is 9.47 Å². The van der Waals surface area contributed by atoms with Gasteiger partial charge in [-0.15, -0.1) is 5.54 Å². The molecule has 0 aromatic heterocycles. The molecular formula is C24H32O4Si. The van der Waals surface area contributed by atoms with Crippen molar-refractivity contribution in [3.05, 3.63) is 41.5 Å². The molecule has 156 valence electrons. The van der Waals surface area contributed by atoms with Crippen LogP contribution in [0.15, 0.2) is 35.9 Å². The van der Waals surface area contributed by atoms with E-state index in [-0.39, 0.29) is 0 Å². The highest BCUT2D eigenvalue weighted by atomic mass is 28.3. The fourth-order valence-electron chi connectivity index (χ4n) is 4.80. The second-order valence-corrected chi connectivity index (χ2v) is 14.1. The standard InChI is InChI=1S/C24H32O4Si/c1-16(2)29(17(3)4,18(5)6)15-14-20-21(19-12-10-9-11-13-19)24(20,22(25)27-7)23(26)28-8/h9-13,16-18H,1-8H3. The summed E-state index contributed by atoms with van der Waals surface area (Å²) >= 11 is 0. The molecule has 1 aliphatic carbocycles. The van der Waals surface area contributed by atoms with Crippen molar-refractivity contribution in [1.82, 2.24) is 0 Å². The fourth-order valence-corrected chi connectivity index (χ4v) is 10.0. The maximum absolute atomic E-state index is 12.8. The molecule has 4 nitrogen and oxygen atoms in total. The van der Waals surface area contributed by atoms with E-state index in [1.54, 1.807) is 0 Å². The van der Waals surface area contributed by atoms with Crippen molar-refractivity contribution in [2.45, 2.75) is 58.2 Å². The lowest BCUT2D eigenvalue weighted by Gasteiger charge is -2.38. The van der Waals surface area contributed by atoms with Gasteiger partial charge in [0.15, 0.2) is 0 Å². The van der Waals surface area contributed by atoms with E-state index >= 15 is 0 Å². The Hall–Kier alpha value is -2.32. The second kappa shape index (κ2) is 8.58. The number of carbonyl (C=O) groups excluding carboxylic acids is 2. The maximum Gasteiger partial charge on any atom is 0.333 e. The molecule has 0 bridgehead atoms. The Morgan fingerprint density at radius 1 is 0.862 bits per heavy atom. The smallest absolute Gasteiger partial charge is 0.333 e. The molecule has 1 aromatic carbocycles. The summed E-state index contributed by atoms with van der Waals surface area (Å²) in [6, 6.07) is 9.40. The third kappa shape index (κ3) is 3.55. The Balaban J connectivity index is 2.72. The van der Waals surface area contributed by atoms with Gasteiger partial charge < -0.3 is 9.47 Å². The van der Waals surface area contributed by atoms with Crippen molar-refractivity contribution in [2.75, 3.05) is 14.2 Å². The molecule has 5 heteroatoms. The quantitative estimate of drug-likeness (QED) is 0.285. The number of carbonyl (C=O) groups is 2. The van der Waals surface area contributed by atoms with Gasteiger partial charge in [0.2, 0.25) is 5.41 Å². The van der Waals surface area contributed by atoms with Crippen molar-refractivity contribution >= 4 is 25.6 Å². The first-order valence-electron chi connectivity index (χ1n) is 10.1. The first kappa shape index (κ1) is 23.0. The highest BCUT2D eigenvalue weighted by Crippen LogP contribution is 2.60. The van der Waals surface area contributed by atoms with E-state index in [9.17, 15) is 9.59 Å². The summed E-state index contributed by atoms with van der Waals surface area (Å²) in [6.45, 7) is 13.4. The Labute approximate surface area is 175 Å². The van der Waals surface area contributed by atoms with Crippen LogP contribution in [0.4, 0.5) is 0 Å². The molecule has 0 radical (unpaired) electrons. The molecule has 0 saturated carbocycles. The highest BCUT2D eigenvalue weighted by molar-refractivity contribution is 6.90. The number of hydrogen-bond acceptors (Lipinski definition) is 4. The van der Waals surface area contributed by atoms with Gasteiger partial charge in [0, 0.05) is 11.1 Å². The predicted molar refractivity (Wildman–Crippen MR) is 119 cm³/mol. The zero-order chi connectivity index (χ0) is 22.0. The Morgan fingerprint density at radius 2 is 1.31 bits per heavy atom. The topological polar surface area (TPSA) is 52.6 Å². The largest absolute Gasteiger partial charge is 0.468 e. The van der Waals surface area contributed by atoms with Crippen LogP contribution in [0.25, 0.3) is 5.57 Å². The minimum absolute atomic E-state index is 0.445. The van der Waals surface area contributed by atoms with Gasteiger partial charge in [-0.2, -0.15) is 0 Å². The van der Waals surface area contributed by atoms with Gasteiger partial charge in [-0.1, -0.05) is 77.8 Å². The monoisotopic (exact) mass is 412 g/mol. The molecule has 0 amide bonds. The fraction of sp³-hybridized carbons (Fsp3) is 0.500. The van der Waals surface area contributed by atoms with Crippen LogP contribution in [0.2, 0.25) is 16.6 Å². The van der Waals surface area contributed by atoms with E-state index < -0.39 is 25.4 Å². The van der Waals surface area contributed by atoms with E-state index in [1.807, 2.05) is 30.3 Å². The van der Waals surface area contributed by atoms with Gasteiger partial charge >= 0.3 is 11.9 Å². The SMILES string of the molecule is COC(=O)C1(C(=O)OC)C(C#C[Si](C(C)C)(C(C)C)C(C)C)=C1c1ccccc1. The molecule has 0 N–H and O–H groups in total. The first-order valence-corrected chi connectivity index (χ1v) is 12.4. The van der Waals surface area contributed by atoms with Crippen LogP contribution in [0, 0.1) is 16.9 Å². The number of ether oxygens (including phenoxy) is 2. The molecule has 0 aliphatic heterocycles.